The van der Waals surface area contributed by atoms with E-state index in [0.29, 0.717) is 18.6 Å². The van der Waals surface area contributed by atoms with Gasteiger partial charge in [0, 0.05) is 6.61 Å². The van der Waals surface area contributed by atoms with Crippen LogP contribution in [-0.2, 0) is 14.3 Å². The number of carboxylic acid groups (broad SMARTS) is 1. The van der Waals surface area contributed by atoms with Crippen molar-refractivity contribution in [1.29, 1.82) is 0 Å². The normalized spacial score (nSPS) is 19.6. The van der Waals surface area contributed by atoms with Gasteiger partial charge in [0.25, 0.3) is 0 Å². The van der Waals surface area contributed by atoms with Crippen molar-refractivity contribution >= 4 is 11.9 Å². The van der Waals surface area contributed by atoms with Crippen molar-refractivity contribution in [3.63, 3.8) is 0 Å². The molecule has 1 aliphatic rings. The van der Waals surface area contributed by atoms with Crippen molar-refractivity contribution in [3.8, 4) is 0 Å². The van der Waals surface area contributed by atoms with E-state index in [-0.39, 0.29) is 5.91 Å². The Morgan fingerprint density at radius 3 is 2.65 bits per heavy atom. The lowest BCUT2D eigenvalue weighted by atomic mass is 10.0. The fourth-order valence-corrected chi connectivity index (χ4v) is 2.25. The third-order valence-corrected chi connectivity index (χ3v) is 3.62. The van der Waals surface area contributed by atoms with E-state index in [9.17, 15) is 14.7 Å². The summed E-state index contributed by atoms with van der Waals surface area (Å²) in [6.07, 6.45) is 0.952. The lowest BCUT2D eigenvalue weighted by Gasteiger charge is -2.18. The van der Waals surface area contributed by atoms with Crippen molar-refractivity contribution in [1.82, 2.24) is 5.32 Å². The molecule has 5 nitrogen and oxygen atoms in total. The Morgan fingerprint density at radius 2 is 2.10 bits per heavy atom. The van der Waals surface area contributed by atoms with Crippen LogP contribution >= 0.6 is 0 Å². The summed E-state index contributed by atoms with van der Waals surface area (Å²) in [6, 6.07) is 4.35. The van der Waals surface area contributed by atoms with Gasteiger partial charge in [0.2, 0.25) is 5.91 Å². The Balaban J connectivity index is 2.16. The first-order chi connectivity index (χ1) is 9.49. The lowest BCUT2D eigenvalue weighted by Crippen LogP contribution is -2.40. The van der Waals surface area contributed by atoms with Crippen molar-refractivity contribution in [2.24, 2.45) is 0 Å². The molecule has 1 aliphatic heterocycles. The van der Waals surface area contributed by atoms with Crippen LogP contribution in [0.25, 0.3) is 0 Å². The van der Waals surface area contributed by atoms with Crippen LogP contribution in [0.3, 0.4) is 0 Å². The van der Waals surface area contributed by atoms with Gasteiger partial charge in [-0.1, -0.05) is 18.2 Å². The van der Waals surface area contributed by atoms with Crippen LogP contribution in [0, 0.1) is 13.8 Å². The molecule has 1 heterocycles. The molecule has 2 N–H and O–H groups in total. The molecule has 1 aromatic carbocycles. The summed E-state index contributed by atoms with van der Waals surface area (Å²) in [5.41, 5.74) is 2.66. The minimum absolute atomic E-state index is 0.354. The van der Waals surface area contributed by atoms with E-state index in [4.69, 9.17) is 4.74 Å². The van der Waals surface area contributed by atoms with Gasteiger partial charge < -0.3 is 15.2 Å². The average Bonchev–Trinajstić information content (AvgIpc) is 2.93. The van der Waals surface area contributed by atoms with Crippen LogP contribution in [-0.4, -0.2) is 29.7 Å². The summed E-state index contributed by atoms with van der Waals surface area (Å²) < 4.78 is 5.27. The Kier molecular flexibility index (Phi) is 4.39. The van der Waals surface area contributed by atoms with Crippen LogP contribution < -0.4 is 5.32 Å². The number of carbonyl (C=O) groups excluding carboxylic acids is 1. The zero-order valence-electron chi connectivity index (χ0n) is 11.7. The Bertz CT molecular complexity index is 521. The number of rotatable bonds is 4. The number of carboxylic acids is 1. The summed E-state index contributed by atoms with van der Waals surface area (Å²) in [5.74, 6) is -1.42. The average molecular weight is 277 g/mol. The number of amides is 1. The zero-order valence-corrected chi connectivity index (χ0v) is 11.7. The highest BCUT2D eigenvalue weighted by molar-refractivity contribution is 5.87. The Morgan fingerprint density at radius 1 is 1.35 bits per heavy atom. The number of aliphatic carboxylic acids is 1. The number of hydrogen-bond acceptors (Lipinski definition) is 3. The van der Waals surface area contributed by atoms with Gasteiger partial charge in [-0.05, 0) is 43.4 Å². The van der Waals surface area contributed by atoms with E-state index in [1.54, 1.807) is 12.1 Å². The van der Waals surface area contributed by atoms with Gasteiger partial charge in [-0.2, -0.15) is 0 Å². The van der Waals surface area contributed by atoms with Crippen molar-refractivity contribution in [2.45, 2.75) is 38.8 Å². The predicted molar refractivity (Wildman–Crippen MR) is 73.4 cm³/mol. The highest BCUT2D eigenvalue weighted by atomic mass is 16.5. The first-order valence-corrected chi connectivity index (χ1v) is 6.71. The second-order valence-corrected chi connectivity index (χ2v) is 5.13. The quantitative estimate of drug-likeness (QED) is 0.878. The van der Waals surface area contributed by atoms with E-state index < -0.39 is 18.1 Å². The lowest BCUT2D eigenvalue weighted by molar-refractivity contribution is -0.143. The van der Waals surface area contributed by atoms with Crippen LogP contribution in [0.4, 0.5) is 0 Å². The number of carbonyl (C=O) groups is 2. The van der Waals surface area contributed by atoms with E-state index >= 15 is 0 Å². The smallest absolute Gasteiger partial charge is 0.330 e. The summed E-state index contributed by atoms with van der Waals surface area (Å²) in [6.45, 7) is 4.43. The number of hydrogen-bond donors (Lipinski definition) is 2. The fraction of sp³-hybridized carbons (Fsp3) is 0.467. The molecule has 2 rings (SSSR count). The Labute approximate surface area is 117 Å². The summed E-state index contributed by atoms with van der Waals surface area (Å²) in [7, 11) is 0. The first-order valence-electron chi connectivity index (χ1n) is 6.71. The van der Waals surface area contributed by atoms with Gasteiger partial charge in [0.15, 0.2) is 6.04 Å². The Hall–Kier alpha value is -1.88. The highest BCUT2D eigenvalue weighted by Crippen LogP contribution is 2.19. The van der Waals surface area contributed by atoms with E-state index in [1.807, 2.05) is 19.9 Å². The van der Waals surface area contributed by atoms with Crippen LogP contribution in [0.15, 0.2) is 18.2 Å². The van der Waals surface area contributed by atoms with Crippen molar-refractivity contribution in [3.05, 3.63) is 34.9 Å². The number of aryl methyl sites for hydroxylation is 2. The molecule has 0 spiro atoms. The predicted octanol–water partition coefficient (Wildman–Crippen LogP) is 1.72. The summed E-state index contributed by atoms with van der Waals surface area (Å²) in [5, 5.41) is 11.9. The van der Waals surface area contributed by atoms with Crippen LogP contribution in [0.2, 0.25) is 0 Å². The summed E-state index contributed by atoms with van der Waals surface area (Å²) in [4.78, 5) is 23.4. The molecular formula is C15H19NO4. The standard InChI is InChI=1S/C15H19NO4/c1-9-5-6-11(8-10(9)2)13(15(18)19)16-14(17)12-4-3-7-20-12/h5-6,8,12-13H,3-4,7H2,1-2H3,(H,16,17)(H,18,19)/t12-,13?/m0/s1. The second-order valence-electron chi connectivity index (χ2n) is 5.13. The van der Waals surface area contributed by atoms with Gasteiger partial charge in [-0.15, -0.1) is 0 Å². The van der Waals surface area contributed by atoms with Crippen molar-refractivity contribution < 1.29 is 19.4 Å². The maximum atomic E-state index is 12.0. The van der Waals surface area contributed by atoms with E-state index in [1.165, 1.54) is 0 Å². The molecule has 1 fully saturated rings. The monoisotopic (exact) mass is 277 g/mol. The minimum Gasteiger partial charge on any atom is -0.479 e. The molecule has 0 bridgehead atoms. The molecule has 0 saturated carbocycles. The first kappa shape index (κ1) is 14.5. The number of ether oxygens (including phenoxy) is 1. The molecule has 1 unspecified atom stereocenters. The minimum atomic E-state index is -1.07. The van der Waals surface area contributed by atoms with Gasteiger partial charge in [0.1, 0.15) is 6.10 Å². The van der Waals surface area contributed by atoms with Gasteiger partial charge >= 0.3 is 5.97 Å². The maximum absolute atomic E-state index is 12.0. The molecule has 1 saturated heterocycles. The molecule has 0 aliphatic carbocycles. The van der Waals surface area contributed by atoms with Gasteiger partial charge in [-0.25, -0.2) is 4.79 Å². The second kappa shape index (κ2) is 6.05. The third kappa shape index (κ3) is 3.17. The molecule has 5 heteroatoms. The van der Waals surface area contributed by atoms with Crippen LogP contribution in [0.5, 0.6) is 0 Å². The van der Waals surface area contributed by atoms with Gasteiger partial charge in [-0.3, -0.25) is 4.79 Å². The van der Waals surface area contributed by atoms with E-state index in [2.05, 4.69) is 5.32 Å². The zero-order chi connectivity index (χ0) is 14.7. The molecule has 1 amide bonds. The largest absolute Gasteiger partial charge is 0.479 e. The molecular weight excluding hydrogens is 258 g/mol. The maximum Gasteiger partial charge on any atom is 0.330 e. The topological polar surface area (TPSA) is 75.6 Å². The molecule has 0 aromatic heterocycles. The van der Waals surface area contributed by atoms with Gasteiger partial charge in [0.05, 0.1) is 0 Å². The molecule has 1 aromatic rings. The van der Waals surface area contributed by atoms with E-state index in [0.717, 1.165) is 17.5 Å². The molecule has 108 valence electrons. The molecule has 0 radical (unpaired) electrons. The van der Waals surface area contributed by atoms with Crippen molar-refractivity contribution in [2.75, 3.05) is 6.61 Å². The summed E-state index contributed by atoms with van der Waals surface area (Å²) >= 11 is 0. The SMILES string of the molecule is Cc1ccc(C(NC(=O)[C@@H]2CCCO2)C(=O)O)cc1C. The fourth-order valence-electron chi connectivity index (χ4n) is 2.25. The number of benzene rings is 1. The third-order valence-electron chi connectivity index (χ3n) is 3.62. The molecule has 2 atom stereocenters. The van der Waals surface area contributed by atoms with Crippen LogP contribution in [0.1, 0.15) is 35.6 Å². The number of nitrogens with one attached hydrogen (secondary N) is 1. The highest BCUT2D eigenvalue weighted by Gasteiger charge is 2.29. The molecule has 20 heavy (non-hydrogen) atoms.